The summed E-state index contributed by atoms with van der Waals surface area (Å²) in [5.41, 5.74) is 2.90. The first-order chi connectivity index (χ1) is 20.4. The zero-order valence-corrected chi connectivity index (χ0v) is 22.5. The lowest BCUT2D eigenvalue weighted by Crippen LogP contribution is -2.49. The van der Waals surface area contributed by atoms with Gasteiger partial charge in [0.2, 0.25) is 13.6 Å². The third-order valence-corrected chi connectivity index (χ3v) is 8.08. The first-order valence-corrected chi connectivity index (χ1v) is 13.7. The highest BCUT2D eigenvalue weighted by Crippen LogP contribution is 2.46. The second kappa shape index (κ2) is 10.7. The largest absolute Gasteiger partial charge is 0.507 e. The standard InChI is InChI=1S/C32H28F2N2O6/c33-21-5-1-19(2-6-21)31(23-13-27-29(15-25(23)37)41-17-39-27)35-9-11-36(12-10-35)32(20-3-7-22(34)8-4-20)24-14-28-30(16-26(24)38)42-18-40-28/h1-8,13-16,31-32,37-38H,9-12,17-18H2/t31-,32+. The van der Waals surface area contributed by atoms with Gasteiger partial charge in [-0.1, -0.05) is 24.3 Å². The van der Waals surface area contributed by atoms with Crippen molar-refractivity contribution in [2.75, 3.05) is 39.8 Å². The molecule has 1 saturated heterocycles. The van der Waals surface area contributed by atoms with Crippen molar-refractivity contribution < 1.29 is 37.9 Å². The van der Waals surface area contributed by atoms with Crippen LogP contribution in [0.5, 0.6) is 34.5 Å². The van der Waals surface area contributed by atoms with Crippen LogP contribution in [0, 0.1) is 11.6 Å². The molecule has 0 aliphatic carbocycles. The molecule has 1 fully saturated rings. The fourth-order valence-electron chi connectivity index (χ4n) is 6.05. The molecule has 2 N–H and O–H groups in total. The van der Waals surface area contributed by atoms with Gasteiger partial charge in [-0.25, -0.2) is 8.78 Å². The van der Waals surface area contributed by atoms with Crippen molar-refractivity contribution in [3.8, 4) is 34.5 Å². The van der Waals surface area contributed by atoms with Crippen LogP contribution in [0.4, 0.5) is 8.78 Å². The van der Waals surface area contributed by atoms with E-state index in [4.69, 9.17) is 18.9 Å². The van der Waals surface area contributed by atoms with Crippen LogP contribution in [-0.4, -0.2) is 59.8 Å². The molecule has 4 aromatic carbocycles. The van der Waals surface area contributed by atoms with E-state index in [-0.39, 0.29) is 48.8 Å². The molecule has 0 bridgehead atoms. The first-order valence-electron chi connectivity index (χ1n) is 13.7. The Kier molecular flexibility index (Phi) is 6.72. The molecular formula is C32H28F2N2O6. The van der Waals surface area contributed by atoms with Crippen LogP contribution in [0.2, 0.25) is 0 Å². The molecule has 3 aliphatic rings. The van der Waals surface area contributed by atoms with Gasteiger partial charge in [-0.05, 0) is 47.5 Å². The number of phenolic OH excluding ortho intramolecular Hbond substituents is 2. The predicted molar refractivity (Wildman–Crippen MR) is 148 cm³/mol. The van der Waals surface area contributed by atoms with Crippen molar-refractivity contribution in [1.29, 1.82) is 0 Å². The summed E-state index contributed by atoms with van der Waals surface area (Å²) in [6.45, 7) is 2.49. The molecule has 0 aromatic heterocycles. The van der Waals surface area contributed by atoms with E-state index in [1.807, 2.05) is 0 Å². The van der Waals surface area contributed by atoms with Gasteiger partial charge in [-0.2, -0.15) is 0 Å². The van der Waals surface area contributed by atoms with E-state index in [0.29, 0.717) is 60.3 Å². The number of nitrogens with zero attached hydrogens (tertiary/aromatic N) is 2. The maximum atomic E-state index is 13.9. The van der Waals surface area contributed by atoms with Crippen LogP contribution in [0.15, 0.2) is 72.8 Å². The lowest BCUT2D eigenvalue weighted by atomic mass is 9.93. The molecule has 0 spiro atoms. The number of fused-ring (bicyclic) bond motifs is 2. The monoisotopic (exact) mass is 574 g/mol. The molecule has 8 nitrogen and oxygen atoms in total. The van der Waals surface area contributed by atoms with Crippen LogP contribution >= 0.6 is 0 Å². The Morgan fingerprint density at radius 2 is 0.857 bits per heavy atom. The molecule has 0 saturated carbocycles. The summed E-state index contributed by atoms with van der Waals surface area (Å²) in [5.74, 6) is 1.47. The number of rotatable bonds is 6. The smallest absolute Gasteiger partial charge is 0.231 e. The lowest BCUT2D eigenvalue weighted by molar-refractivity contribution is 0.0882. The number of halogens is 2. The fraction of sp³-hybridized carbons (Fsp3) is 0.250. The van der Waals surface area contributed by atoms with E-state index in [1.54, 1.807) is 48.5 Å². The zero-order chi connectivity index (χ0) is 28.8. The molecule has 0 radical (unpaired) electrons. The summed E-state index contributed by atoms with van der Waals surface area (Å²) in [6, 6.07) is 18.4. The van der Waals surface area contributed by atoms with Gasteiger partial charge in [0.25, 0.3) is 0 Å². The molecule has 4 aromatic rings. The topological polar surface area (TPSA) is 83.9 Å². The number of benzene rings is 4. The number of phenols is 2. The minimum atomic E-state index is -0.384. The zero-order valence-electron chi connectivity index (χ0n) is 22.5. The Morgan fingerprint density at radius 3 is 1.21 bits per heavy atom. The van der Waals surface area contributed by atoms with Gasteiger partial charge in [0.1, 0.15) is 23.1 Å². The summed E-state index contributed by atoms with van der Waals surface area (Å²) in [5, 5.41) is 22.1. The Labute approximate surface area is 240 Å². The second-order valence-corrected chi connectivity index (χ2v) is 10.5. The Bertz CT molecular complexity index is 1490. The van der Waals surface area contributed by atoms with Crippen LogP contribution < -0.4 is 18.9 Å². The van der Waals surface area contributed by atoms with Crippen LogP contribution in [-0.2, 0) is 0 Å². The third kappa shape index (κ3) is 4.82. The average molecular weight is 575 g/mol. The number of aromatic hydroxyl groups is 2. The highest BCUT2D eigenvalue weighted by molar-refractivity contribution is 5.55. The summed E-state index contributed by atoms with van der Waals surface area (Å²) in [4.78, 5) is 4.45. The van der Waals surface area contributed by atoms with Crippen molar-refractivity contribution >= 4 is 0 Å². The molecule has 42 heavy (non-hydrogen) atoms. The summed E-state index contributed by atoms with van der Waals surface area (Å²) < 4.78 is 49.8. The molecule has 3 aliphatic heterocycles. The second-order valence-electron chi connectivity index (χ2n) is 10.5. The van der Waals surface area contributed by atoms with E-state index in [2.05, 4.69) is 9.80 Å². The van der Waals surface area contributed by atoms with E-state index >= 15 is 0 Å². The first kappa shape index (κ1) is 26.4. The van der Waals surface area contributed by atoms with Crippen molar-refractivity contribution in [2.24, 2.45) is 0 Å². The van der Waals surface area contributed by atoms with Gasteiger partial charge in [-0.3, -0.25) is 9.80 Å². The van der Waals surface area contributed by atoms with Crippen LogP contribution in [0.25, 0.3) is 0 Å². The highest BCUT2D eigenvalue weighted by atomic mass is 19.1. The summed E-state index contributed by atoms with van der Waals surface area (Å²) >= 11 is 0. The SMILES string of the molecule is Oc1cc2c(cc1[C@@H](c1ccc(F)cc1)N1CCN([C@@H](c3ccc(F)cc3)c3cc4c(cc3O)OCO4)CC1)OCO2. The van der Waals surface area contributed by atoms with Gasteiger partial charge in [0, 0.05) is 49.4 Å². The number of ether oxygens (including phenoxy) is 4. The molecule has 3 heterocycles. The average Bonchev–Trinajstić information content (AvgIpc) is 3.65. The quantitative estimate of drug-likeness (QED) is 0.320. The van der Waals surface area contributed by atoms with Crippen LogP contribution in [0.3, 0.4) is 0 Å². The molecule has 0 amide bonds. The highest BCUT2D eigenvalue weighted by Gasteiger charge is 2.34. The van der Waals surface area contributed by atoms with Crippen LogP contribution in [0.1, 0.15) is 34.3 Å². The lowest BCUT2D eigenvalue weighted by Gasteiger charge is -2.43. The maximum Gasteiger partial charge on any atom is 0.231 e. The van der Waals surface area contributed by atoms with Gasteiger partial charge in [0.15, 0.2) is 23.0 Å². The van der Waals surface area contributed by atoms with Crippen molar-refractivity contribution in [3.63, 3.8) is 0 Å². The molecule has 216 valence electrons. The number of hydrogen-bond acceptors (Lipinski definition) is 8. The number of hydrogen-bond donors (Lipinski definition) is 2. The van der Waals surface area contributed by atoms with Gasteiger partial charge in [-0.15, -0.1) is 0 Å². The molecular weight excluding hydrogens is 546 g/mol. The Balaban J connectivity index is 1.22. The predicted octanol–water partition coefficient (Wildman–Crippen LogP) is 5.33. The molecule has 7 rings (SSSR count). The Morgan fingerprint density at radius 1 is 0.524 bits per heavy atom. The van der Waals surface area contributed by atoms with Gasteiger partial charge >= 0.3 is 0 Å². The van der Waals surface area contributed by atoms with Crippen molar-refractivity contribution in [2.45, 2.75) is 12.1 Å². The van der Waals surface area contributed by atoms with Gasteiger partial charge < -0.3 is 29.2 Å². The molecule has 0 unspecified atom stereocenters. The van der Waals surface area contributed by atoms with Crippen molar-refractivity contribution in [3.05, 3.63) is 107 Å². The number of piperazine rings is 1. The normalized spacial score (nSPS) is 17.8. The van der Waals surface area contributed by atoms with Gasteiger partial charge in [0.05, 0.1) is 12.1 Å². The minimum Gasteiger partial charge on any atom is -0.507 e. The fourth-order valence-corrected chi connectivity index (χ4v) is 6.05. The summed E-state index contributed by atoms with van der Waals surface area (Å²) in [6.07, 6.45) is 0. The maximum absolute atomic E-state index is 13.9. The molecule has 10 heteroatoms. The Hall–Kier alpha value is -4.54. The van der Waals surface area contributed by atoms with E-state index in [1.165, 1.54) is 24.3 Å². The summed E-state index contributed by atoms with van der Waals surface area (Å²) in [7, 11) is 0. The van der Waals surface area contributed by atoms with Crippen molar-refractivity contribution in [1.82, 2.24) is 9.80 Å². The van der Waals surface area contributed by atoms with E-state index in [0.717, 1.165) is 11.1 Å². The third-order valence-electron chi connectivity index (χ3n) is 8.08. The van der Waals surface area contributed by atoms with E-state index in [9.17, 15) is 19.0 Å². The minimum absolute atomic E-state index is 0.0606. The molecule has 2 atom stereocenters. The van der Waals surface area contributed by atoms with E-state index < -0.39 is 0 Å².